The van der Waals surface area contributed by atoms with E-state index in [1.165, 1.54) is 0 Å². The molecule has 0 heterocycles. The van der Waals surface area contributed by atoms with Gasteiger partial charge in [0.25, 0.3) is 0 Å². The van der Waals surface area contributed by atoms with E-state index in [1.54, 1.807) is 0 Å². The Morgan fingerprint density at radius 1 is 0.857 bits per heavy atom. The smallest absolute Gasteiger partial charge is 0.0531 e. The molecule has 3 N–H and O–H groups in total. The Morgan fingerprint density at radius 2 is 1.21 bits per heavy atom. The van der Waals surface area contributed by atoms with Crippen LogP contribution in [0.4, 0.5) is 0 Å². The zero-order chi connectivity index (χ0) is 11.4. The third kappa shape index (κ3) is 7.26. The Morgan fingerprint density at radius 3 is 1.21 bits per heavy atom. The van der Waals surface area contributed by atoms with E-state index in [9.17, 15) is 0 Å². The molecule has 0 saturated carbocycles. The Balaban J connectivity index is 0. The highest BCUT2D eigenvalue weighted by Gasteiger charge is 2.24. The lowest BCUT2D eigenvalue weighted by molar-refractivity contribution is 0.00304. The van der Waals surface area contributed by atoms with E-state index >= 15 is 0 Å². The van der Waals surface area contributed by atoms with Gasteiger partial charge in [0.15, 0.2) is 0 Å². The Kier molecular flexibility index (Phi) is 12.7. The lowest BCUT2D eigenvalue weighted by Crippen LogP contribution is -2.32. The SMILES string of the molecule is CCC(CO)(CO)CO.CCOCC. The molecule has 4 nitrogen and oxygen atoms in total. The second-order valence-corrected chi connectivity index (χ2v) is 3.11. The highest BCUT2D eigenvalue weighted by molar-refractivity contribution is 4.74. The van der Waals surface area contributed by atoms with Gasteiger partial charge in [-0.25, -0.2) is 0 Å². The fourth-order valence-electron chi connectivity index (χ4n) is 0.690. The average Bonchev–Trinajstić information content (AvgIpc) is 2.24. The summed E-state index contributed by atoms with van der Waals surface area (Å²) in [6, 6.07) is 0. The maximum absolute atomic E-state index is 8.66. The van der Waals surface area contributed by atoms with Crippen LogP contribution < -0.4 is 0 Å². The summed E-state index contributed by atoms with van der Waals surface area (Å²) >= 11 is 0. The van der Waals surface area contributed by atoms with E-state index in [1.807, 2.05) is 20.8 Å². The molecule has 0 aromatic heterocycles. The molecule has 0 aromatic carbocycles. The summed E-state index contributed by atoms with van der Waals surface area (Å²) in [5.41, 5.74) is -0.667. The van der Waals surface area contributed by atoms with Gasteiger partial charge in [0.1, 0.15) is 0 Å². The van der Waals surface area contributed by atoms with E-state index in [4.69, 9.17) is 20.1 Å². The van der Waals surface area contributed by atoms with Crippen LogP contribution in [0.25, 0.3) is 0 Å². The molecule has 0 unspecified atom stereocenters. The topological polar surface area (TPSA) is 69.9 Å². The zero-order valence-corrected chi connectivity index (χ0v) is 9.49. The van der Waals surface area contributed by atoms with E-state index < -0.39 is 5.41 Å². The first-order valence-electron chi connectivity index (χ1n) is 5.06. The van der Waals surface area contributed by atoms with Crippen molar-refractivity contribution in [2.45, 2.75) is 27.2 Å². The summed E-state index contributed by atoms with van der Waals surface area (Å²) in [7, 11) is 0. The predicted molar refractivity (Wildman–Crippen MR) is 56.1 cm³/mol. The van der Waals surface area contributed by atoms with Crippen LogP contribution in [0.3, 0.4) is 0 Å². The highest BCUT2D eigenvalue weighted by atomic mass is 16.5. The third-order valence-electron chi connectivity index (χ3n) is 2.16. The van der Waals surface area contributed by atoms with Crippen molar-refractivity contribution >= 4 is 0 Å². The van der Waals surface area contributed by atoms with Gasteiger partial charge >= 0.3 is 0 Å². The summed E-state index contributed by atoms with van der Waals surface area (Å²) in [5, 5.41) is 26.0. The van der Waals surface area contributed by atoms with Gasteiger partial charge in [-0.15, -0.1) is 0 Å². The van der Waals surface area contributed by atoms with Gasteiger partial charge < -0.3 is 20.1 Å². The minimum atomic E-state index is -0.667. The molecule has 0 aliphatic heterocycles. The molecule has 0 amide bonds. The number of rotatable bonds is 6. The number of hydrogen-bond donors (Lipinski definition) is 3. The minimum absolute atomic E-state index is 0.156. The normalized spacial score (nSPS) is 10.7. The molecule has 88 valence electrons. The van der Waals surface area contributed by atoms with Crippen molar-refractivity contribution in [1.29, 1.82) is 0 Å². The lowest BCUT2D eigenvalue weighted by Gasteiger charge is -2.24. The van der Waals surface area contributed by atoms with Crippen molar-refractivity contribution in [2.75, 3.05) is 33.0 Å². The van der Waals surface area contributed by atoms with Crippen molar-refractivity contribution in [2.24, 2.45) is 5.41 Å². The van der Waals surface area contributed by atoms with Crippen LogP contribution in [0, 0.1) is 5.41 Å². The summed E-state index contributed by atoms with van der Waals surface area (Å²) in [5.74, 6) is 0. The first-order valence-corrected chi connectivity index (χ1v) is 5.06. The Hall–Kier alpha value is -0.160. The zero-order valence-electron chi connectivity index (χ0n) is 9.49. The van der Waals surface area contributed by atoms with E-state index in [0.29, 0.717) is 6.42 Å². The van der Waals surface area contributed by atoms with Crippen LogP contribution in [0.1, 0.15) is 27.2 Å². The fourth-order valence-corrected chi connectivity index (χ4v) is 0.690. The first-order chi connectivity index (χ1) is 6.66. The molecular weight excluding hydrogens is 184 g/mol. The molecule has 0 spiro atoms. The van der Waals surface area contributed by atoms with Gasteiger partial charge in [0, 0.05) is 18.6 Å². The van der Waals surface area contributed by atoms with Crippen LogP contribution in [0.15, 0.2) is 0 Å². The molecule has 0 saturated heterocycles. The molecule has 0 aromatic rings. The van der Waals surface area contributed by atoms with E-state index in [2.05, 4.69) is 0 Å². The van der Waals surface area contributed by atoms with Crippen LogP contribution in [-0.2, 0) is 4.74 Å². The Labute approximate surface area is 86.5 Å². The number of aliphatic hydroxyl groups is 3. The molecule has 0 radical (unpaired) electrons. The third-order valence-corrected chi connectivity index (χ3v) is 2.16. The number of hydrogen-bond acceptors (Lipinski definition) is 4. The molecule has 0 fully saturated rings. The predicted octanol–water partition coefficient (Wildman–Crippen LogP) is 0.402. The molecule has 0 atom stereocenters. The largest absolute Gasteiger partial charge is 0.396 e. The monoisotopic (exact) mass is 208 g/mol. The van der Waals surface area contributed by atoms with Crippen molar-refractivity contribution in [3.63, 3.8) is 0 Å². The quantitative estimate of drug-likeness (QED) is 0.591. The van der Waals surface area contributed by atoms with Crippen molar-refractivity contribution in [3.8, 4) is 0 Å². The fraction of sp³-hybridized carbons (Fsp3) is 1.00. The molecular formula is C10H24O4. The van der Waals surface area contributed by atoms with Gasteiger partial charge in [-0.3, -0.25) is 0 Å². The highest BCUT2D eigenvalue weighted by Crippen LogP contribution is 2.18. The maximum Gasteiger partial charge on any atom is 0.0531 e. The second-order valence-electron chi connectivity index (χ2n) is 3.11. The van der Waals surface area contributed by atoms with Crippen LogP contribution >= 0.6 is 0 Å². The molecule has 0 rings (SSSR count). The van der Waals surface area contributed by atoms with E-state index in [0.717, 1.165) is 13.2 Å². The number of ether oxygens (including phenoxy) is 1. The summed E-state index contributed by atoms with van der Waals surface area (Å²) < 4.78 is 4.83. The van der Waals surface area contributed by atoms with Gasteiger partial charge in [-0.2, -0.15) is 0 Å². The first kappa shape index (κ1) is 16.3. The summed E-state index contributed by atoms with van der Waals surface area (Å²) in [6.07, 6.45) is 0.594. The van der Waals surface area contributed by atoms with Gasteiger partial charge in [0.05, 0.1) is 19.8 Å². The summed E-state index contributed by atoms with van der Waals surface area (Å²) in [4.78, 5) is 0. The van der Waals surface area contributed by atoms with E-state index in [-0.39, 0.29) is 19.8 Å². The van der Waals surface area contributed by atoms with Crippen LogP contribution in [0.2, 0.25) is 0 Å². The molecule has 4 heteroatoms. The Bertz CT molecular complexity index is 82.8. The van der Waals surface area contributed by atoms with Gasteiger partial charge in [0.2, 0.25) is 0 Å². The maximum atomic E-state index is 8.66. The van der Waals surface area contributed by atoms with Gasteiger partial charge in [-0.1, -0.05) is 6.92 Å². The second kappa shape index (κ2) is 10.9. The van der Waals surface area contributed by atoms with Crippen molar-refractivity contribution in [3.05, 3.63) is 0 Å². The van der Waals surface area contributed by atoms with Crippen molar-refractivity contribution in [1.82, 2.24) is 0 Å². The minimum Gasteiger partial charge on any atom is -0.396 e. The molecule has 0 bridgehead atoms. The van der Waals surface area contributed by atoms with Crippen LogP contribution in [-0.4, -0.2) is 48.4 Å². The van der Waals surface area contributed by atoms with Gasteiger partial charge in [-0.05, 0) is 20.3 Å². The van der Waals surface area contributed by atoms with Crippen LogP contribution in [0.5, 0.6) is 0 Å². The van der Waals surface area contributed by atoms with Crippen molar-refractivity contribution < 1.29 is 20.1 Å². The molecule has 14 heavy (non-hydrogen) atoms. The lowest BCUT2D eigenvalue weighted by atomic mass is 9.88. The number of aliphatic hydroxyl groups excluding tert-OH is 3. The standard InChI is InChI=1S/C6H14O3.C4H10O/c1-2-6(3-7,4-8)5-9;1-3-5-4-2/h7-9H,2-5H2,1H3;3-4H2,1-2H3. The molecule has 0 aliphatic rings. The molecule has 0 aliphatic carbocycles. The summed E-state index contributed by atoms with van der Waals surface area (Å²) in [6.45, 7) is 7.02. The average molecular weight is 208 g/mol.